The van der Waals surface area contributed by atoms with Gasteiger partial charge in [0.15, 0.2) is 0 Å². The van der Waals surface area contributed by atoms with E-state index in [0.717, 1.165) is 12.2 Å². The Morgan fingerprint density at radius 1 is 1.20 bits per heavy atom. The summed E-state index contributed by atoms with van der Waals surface area (Å²) in [4.78, 5) is 28.2. The molecule has 5 rings (SSSR count). The summed E-state index contributed by atoms with van der Waals surface area (Å²) < 4.78 is 11.3. The number of amides is 2. The SMILES string of the molecule is COc1ccc(NC(=O)C2C3C(=O)N(CCc4ccccc4)CC34C=C[C@H]2O4)cc1. The molecule has 2 saturated heterocycles. The van der Waals surface area contributed by atoms with Gasteiger partial charge in [-0.05, 0) is 36.2 Å². The van der Waals surface area contributed by atoms with E-state index >= 15 is 0 Å². The monoisotopic (exact) mass is 404 g/mol. The molecule has 2 fully saturated rings. The molecule has 154 valence electrons. The summed E-state index contributed by atoms with van der Waals surface area (Å²) in [6.07, 6.45) is 4.35. The average Bonchev–Trinajstić information content (AvgIpc) is 3.41. The van der Waals surface area contributed by atoms with Crippen LogP contribution in [0.25, 0.3) is 0 Å². The van der Waals surface area contributed by atoms with Gasteiger partial charge in [-0.15, -0.1) is 0 Å². The first-order chi connectivity index (χ1) is 14.6. The fourth-order valence-corrected chi connectivity index (χ4v) is 4.88. The zero-order valence-corrected chi connectivity index (χ0v) is 16.8. The average molecular weight is 404 g/mol. The Kier molecular flexibility index (Phi) is 4.59. The van der Waals surface area contributed by atoms with Gasteiger partial charge in [0.25, 0.3) is 0 Å². The van der Waals surface area contributed by atoms with Gasteiger partial charge in [0.05, 0.1) is 31.6 Å². The van der Waals surface area contributed by atoms with Gasteiger partial charge in [0.1, 0.15) is 11.4 Å². The van der Waals surface area contributed by atoms with Gasteiger partial charge in [0.2, 0.25) is 11.8 Å². The van der Waals surface area contributed by atoms with E-state index in [9.17, 15) is 9.59 Å². The number of hydrogen-bond donors (Lipinski definition) is 1. The van der Waals surface area contributed by atoms with Crippen LogP contribution in [0.1, 0.15) is 5.56 Å². The molecule has 2 amide bonds. The maximum absolute atomic E-state index is 13.3. The van der Waals surface area contributed by atoms with E-state index in [1.165, 1.54) is 5.56 Å². The van der Waals surface area contributed by atoms with Crippen molar-refractivity contribution in [2.45, 2.75) is 18.1 Å². The van der Waals surface area contributed by atoms with Crippen molar-refractivity contribution in [3.8, 4) is 5.75 Å². The van der Waals surface area contributed by atoms with Crippen LogP contribution < -0.4 is 10.1 Å². The molecule has 2 aromatic rings. The topological polar surface area (TPSA) is 67.9 Å². The van der Waals surface area contributed by atoms with Crippen molar-refractivity contribution in [3.05, 3.63) is 72.3 Å². The van der Waals surface area contributed by atoms with Crippen molar-refractivity contribution in [1.29, 1.82) is 0 Å². The summed E-state index contributed by atoms with van der Waals surface area (Å²) in [5.41, 5.74) is 1.18. The molecule has 0 saturated carbocycles. The summed E-state index contributed by atoms with van der Waals surface area (Å²) in [6, 6.07) is 17.3. The molecule has 30 heavy (non-hydrogen) atoms. The largest absolute Gasteiger partial charge is 0.497 e. The lowest BCUT2D eigenvalue weighted by atomic mass is 9.77. The highest BCUT2D eigenvalue weighted by Gasteiger charge is 2.66. The van der Waals surface area contributed by atoms with E-state index in [0.29, 0.717) is 18.8 Å². The molecule has 3 unspecified atom stereocenters. The molecule has 1 spiro atoms. The van der Waals surface area contributed by atoms with Crippen LogP contribution in [0.3, 0.4) is 0 Å². The summed E-state index contributed by atoms with van der Waals surface area (Å²) in [7, 11) is 1.60. The molecule has 2 bridgehead atoms. The van der Waals surface area contributed by atoms with E-state index < -0.39 is 17.4 Å². The van der Waals surface area contributed by atoms with Gasteiger partial charge in [0, 0.05) is 12.2 Å². The third-order valence-corrected chi connectivity index (χ3v) is 6.35. The molecule has 3 aliphatic rings. The quantitative estimate of drug-likeness (QED) is 0.752. The molecular weight excluding hydrogens is 380 g/mol. The van der Waals surface area contributed by atoms with Crippen molar-refractivity contribution in [2.24, 2.45) is 11.8 Å². The van der Waals surface area contributed by atoms with Crippen molar-refractivity contribution in [1.82, 2.24) is 4.90 Å². The second kappa shape index (κ2) is 7.29. The second-order valence-electron chi connectivity index (χ2n) is 8.11. The fraction of sp³-hybridized carbons (Fsp3) is 0.333. The smallest absolute Gasteiger partial charge is 0.231 e. The Morgan fingerprint density at radius 3 is 2.70 bits per heavy atom. The lowest BCUT2D eigenvalue weighted by molar-refractivity contribution is -0.135. The number of anilines is 1. The number of hydrogen-bond acceptors (Lipinski definition) is 4. The number of likely N-dealkylation sites (tertiary alicyclic amines) is 1. The molecule has 0 radical (unpaired) electrons. The normalized spacial score (nSPS) is 28.6. The number of methoxy groups -OCH3 is 1. The highest BCUT2D eigenvalue weighted by Crippen LogP contribution is 2.52. The molecule has 2 aromatic carbocycles. The highest BCUT2D eigenvalue weighted by molar-refractivity contribution is 5.99. The first-order valence-corrected chi connectivity index (χ1v) is 10.2. The maximum Gasteiger partial charge on any atom is 0.231 e. The molecule has 0 aliphatic carbocycles. The lowest BCUT2D eigenvalue weighted by Crippen LogP contribution is -2.41. The summed E-state index contributed by atoms with van der Waals surface area (Å²) in [5.74, 6) is -0.446. The molecular formula is C24H24N2O4. The van der Waals surface area contributed by atoms with Gasteiger partial charge in [-0.25, -0.2) is 0 Å². The first kappa shape index (κ1) is 18.9. The third kappa shape index (κ3) is 3.08. The minimum Gasteiger partial charge on any atom is -0.497 e. The van der Waals surface area contributed by atoms with Gasteiger partial charge >= 0.3 is 0 Å². The van der Waals surface area contributed by atoms with Crippen molar-refractivity contribution >= 4 is 17.5 Å². The number of fused-ring (bicyclic) bond motifs is 1. The Bertz CT molecular complexity index is 988. The Labute approximate surface area is 175 Å². The fourth-order valence-electron chi connectivity index (χ4n) is 4.88. The van der Waals surface area contributed by atoms with Crippen LogP contribution in [-0.4, -0.2) is 48.6 Å². The van der Waals surface area contributed by atoms with Crippen LogP contribution in [-0.2, 0) is 20.7 Å². The number of rotatable bonds is 6. The summed E-state index contributed by atoms with van der Waals surface area (Å²) in [6.45, 7) is 1.12. The van der Waals surface area contributed by atoms with E-state index in [1.54, 1.807) is 31.4 Å². The molecule has 1 N–H and O–H groups in total. The van der Waals surface area contributed by atoms with E-state index in [2.05, 4.69) is 17.4 Å². The molecule has 4 atom stereocenters. The standard InChI is InChI=1S/C24H24N2O4/c1-29-18-9-7-17(8-10-18)25-22(27)20-19-11-13-24(30-19)15-26(23(28)21(20)24)14-12-16-5-3-2-4-6-16/h2-11,13,19-21H,12,14-15H2,1H3,(H,25,27)/t19-,20?,21?,24?/m1/s1. The Morgan fingerprint density at radius 2 is 1.97 bits per heavy atom. The highest BCUT2D eigenvalue weighted by atomic mass is 16.5. The minimum absolute atomic E-state index is 0.00709. The number of ether oxygens (including phenoxy) is 2. The lowest BCUT2D eigenvalue weighted by Gasteiger charge is -2.23. The first-order valence-electron chi connectivity index (χ1n) is 10.2. The molecule has 0 aromatic heterocycles. The van der Waals surface area contributed by atoms with Gasteiger partial charge < -0.3 is 19.7 Å². The maximum atomic E-state index is 13.3. The Hall–Kier alpha value is -3.12. The van der Waals surface area contributed by atoms with Crippen LogP contribution in [0.15, 0.2) is 66.7 Å². The predicted molar refractivity (Wildman–Crippen MR) is 112 cm³/mol. The third-order valence-electron chi connectivity index (χ3n) is 6.35. The van der Waals surface area contributed by atoms with Crippen molar-refractivity contribution < 1.29 is 19.1 Å². The van der Waals surface area contributed by atoms with Crippen LogP contribution in [0.5, 0.6) is 5.75 Å². The molecule has 3 aliphatic heterocycles. The number of carbonyl (C=O) groups is 2. The van der Waals surface area contributed by atoms with Crippen molar-refractivity contribution in [3.63, 3.8) is 0 Å². The predicted octanol–water partition coefficient (Wildman–Crippen LogP) is 2.66. The van der Waals surface area contributed by atoms with Crippen LogP contribution in [0.2, 0.25) is 0 Å². The second-order valence-corrected chi connectivity index (χ2v) is 8.11. The molecule has 6 nitrogen and oxygen atoms in total. The minimum atomic E-state index is -0.680. The van der Waals surface area contributed by atoms with Crippen molar-refractivity contribution in [2.75, 3.05) is 25.5 Å². The summed E-state index contributed by atoms with van der Waals surface area (Å²) in [5, 5.41) is 2.94. The Balaban J connectivity index is 1.31. The number of nitrogens with one attached hydrogen (secondary N) is 1. The summed E-state index contributed by atoms with van der Waals surface area (Å²) >= 11 is 0. The zero-order chi connectivity index (χ0) is 20.7. The van der Waals surface area contributed by atoms with Crippen LogP contribution in [0, 0.1) is 11.8 Å². The van der Waals surface area contributed by atoms with E-state index in [-0.39, 0.29) is 17.9 Å². The van der Waals surface area contributed by atoms with Gasteiger partial charge in [-0.3, -0.25) is 9.59 Å². The van der Waals surface area contributed by atoms with Crippen LogP contribution in [0.4, 0.5) is 5.69 Å². The number of nitrogens with zero attached hydrogens (tertiary/aromatic N) is 1. The van der Waals surface area contributed by atoms with Crippen LogP contribution >= 0.6 is 0 Å². The zero-order valence-electron chi connectivity index (χ0n) is 16.8. The van der Waals surface area contributed by atoms with Gasteiger partial charge in [-0.2, -0.15) is 0 Å². The van der Waals surface area contributed by atoms with E-state index in [4.69, 9.17) is 9.47 Å². The number of carbonyl (C=O) groups excluding carboxylic acids is 2. The van der Waals surface area contributed by atoms with E-state index in [1.807, 2.05) is 35.3 Å². The molecule has 6 heteroatoms. The molecule has 3 heterocycles. The van der Waals surface area contributed by atoms with Gasteiger partial charge in [-0.1, -0.05) is 42.5 Å². The number of benzene rings is 2.